The molecule has 4 aromatic carbocycles. The Morgan fingerprint density at radius 1 is 0.472 bits per heavy atom. The molecule has 4 fully saturated rings. The molecule has 4 aliphatic heterocycles. The van der Waals surface area contributed by atoms with E-state index >= 15 is 0 Å². The van der Waals surface area contributed by atoms with Gasteiger partial charge in [0.15, 0.2) is 0 Å². The number of phenols is 4. The van der Waals surface area contributed by atoms with Crippen molar-refractivity contribution in [1.82, 2.24) is 19.6 Å². The number of hydrogen-bond acceptors (Lipinski definition) is 16. The van der Waals surface area contributed by atoms with Gasteiger partial charge in [-0.1, -0.05) is 13.3 Å². The molecule has 4 saturated heterocycles. The first-order chi connectivity index (χ1) is 42.9. The third-order valence-corrected chi connectivity index (χ3v) is 16.4. The molecule has 0 bridgehead atoms. The first-order valence-electron chi connectivity index (χ1n) is 30.8. The van der Waals surface area contributed by atoms with Gasteiger partial charge in [-0.25, -0.2) is 0 Å². The van der Waals surface area contributed by atoms with E-state index in [0.29, 0.717) is 96.4 Å². The number of hydrogen-bond donors (Lipinski definition) is 8. The molecule has 3 atom stereocenters. The van der Waals surface area contributed by atoms with Crippen molar-refractivity contribution in [1.29, 1.82) is 0 Å². The highest BCUT2D eigenvalue weighted by atomic mass is 16.5. The van der Waals surface area contributed by atoms with Crippen LogP contribution in [-0.4, -0.2) is 189 Å². The second-order valence-corrected chi connectivity index (χ2v) is 22.8. The summed E-state index contributed by atoms with van der Waals surface area (Å²) in [7, 11) is 4.59. The zero-order chi connectivity index (χ0) is 64.8. The minimum atomic E-state index is -0.135. The Kier molecular flexibility index (Phi) is 30.4. The maximum atomic E-state index is 12.5. The number of aliphatic hydroxyl groups is 4. The maximum Gasteiger partial charge on any atom is 0.247 e. The summed E-state index contributed by atoms with van der Waals surface area (Å²) in [6.45, 7) is 10.6. The molecule has 89 heavy (non-hydrogen) atoms. The van der Waals surface area contributed by atoms with Crippen LogP contribution >= 0.6 is 0 Å². The lowest BCUT2D eigenvalue weighted by atomic mass is 9.87. The smallest absolute Gasteiger partial charge is 0.247 e. The fourth-order valence-corrected chi connectivity index (χ4v) is 11.0. The van der Waals surface area contributed by atoms with Gasteiger partial charge in [0.25, 0.3) is 0 Å². The Hall–Kier alpha value is -8.04. The predicted molar refractivity (Wildman–Crippen MR) is 343 cm³/mol. The van der Waals surface area contributed by atoms with Gasteiger partial charge in [0.05, 0.1) is 40.6 Å². The molecule has 8 N–H and O–H groups in total. The van der Waals surface area contributed by atoms with Crippen LogP contribution in [0, 0.1) is 17.8 Å². The average Bonchev–Trinajstić information content (AvgIpc) is 3.75. The van der Waals surface area contributed by atoms with Crippen molar-refractivity contribution in [2.45, 2.75) is 110 Å². The van der Waals surface area contributed by atoms with Crippen LogP contribution in [0.2, 0.25) is 0 Å². The highest BCUT2D eigenvalue weighted by Gasteiger charge is 2.33. The number of rotatable bonds is 19. The first kappa shape index (κ1) is 71.7. The summed E-state index contributed by atoms with van der Waals surface area (Å²) in [6, 6.07) is 20.0. The standard InChI is InChI=1S/C19H27NO4.C18H25NO4.2C16H21NO4/c1-2-3-12-24-17-6-4-16(18(22)13-17)5-7-19(23)20-10-8-15(14-21)9-11-20;1-12-8-14(11-20)9-13(2)19(12)18(22)7-5-15-4-6-16(23-3)10-17(15)21;1-21-14-4-2-13(15(19)10-14)3-5-16(20)17-8-6-12(11-18)7-9-17;1-21-14-7-5-12(15(19)10-14)6-8-16(20)17-9-3-2-4-13(17)11-18/h4-7,13,15,21-22H,2-3,8-12,14H2,1H3;4-7,10,12-14,20-21H,8-9,11H2,1-3H3;2-5,10,12,18-19H,6-9,11H2,1H3;5-8,10,13,18-19H,2-4,9,11H2,1H3/b2*7-5+;5-3+;8-6+. The van der Waals surface area contributed by atoms with Gasteiger partial charge in [0.2, 0.25) is 23.6 Å². The molecule has 4 heterocycles. The molecule has 4 amide bonds. The lowest BCUT2D eigenvalue weighted by Gasteiger charge is -2.41. The minimum Gasteiger partial charge on any atom is -0.507 e. The maximum absolute atomic E-state index is 12.5. The predicted octanol–water partition coefficient (Wildman–Crippen LogP) is 8.67. The van der Waals surface area contributed by atoms with E-state index in [9.17, 15) is 49.8 Å². The summed E-state index contributed by atoms with van der Waals surface area (Å²) in [5.74, 6) is 3.21. The molecule has 20 heteroatoms. The Bertz CT molecular complexity index is 2970. The Morgan fingerprint density at radius 2 is 0.843 bits per heavy atom. The molecular weight excluding hydrogens is 1140 g/mol. The van der Waals surface area contributed by atoms with Crippen molar-refractivity contribution in [2.75, 3.05) is 87.1 Å². The van der Waals surface area contributed by atoms with Crippen LogP contribution in [0.15, 0.2) is 97.1 Å². The number of likely N-dealkylation sites (tertiary alicyclic amines) is 4. The van der Waals surface area contributed by atoms with Crippen molar-refractivity contribution in [2.24, 2.45) is 17.8 Å². The number of unbranched alkanes of at least 4 members (excludes halogenated alkanes) is 1. The number of aromatic hydroxyl groups is 4. The van der Waals surface area contributed by atoms with Crippen LogP contribution in [-0.2, 0) is 19.2 Å². The van der Waals surface area contributed by atoms with Crippen LogP contribution in [0.4, 0.5) is 0 Å². The van der Waals surface area contributed by atoms with E-state index in [1.807, 2.05) is 18.7 Å². The zero-order valence-electron chi connectivity index (χ0n) is 52.5. The normalized spacial score (nSPS) is 19.0. The van der Waals surface area contributed by atoms with Crippen LogP contribution in [0.25, 0.3) is 24.3 Å². The second kappa shape index (κ2) is 37.7. The number of phenolic OH excluding ortho intramolecular Hbond substituents is 4. The second-order valence-electron chi connectivity index (χ2n) is 22.8. The Balaban J connectivity index is 0.000000216. The molecule has 0 aliphatic carbocycles. The molecule has 8 rings (SSSR count). The largest absolute Gasteiger partial charge is 0.507 e. The summed E-state index contributed by atoms with van der Waals surface area (Å²) in [5.41, 5.74) is 2.30. The molecular formula is C69H94N4O16. The number of ether oxygens (including phenoxy) is 4. The Labute approximate surface area is 524 Å². The number of benzene rings is 4. The zero-order valence-corrected chi connectivity index (χ0v) is 52.5. The first-order valence-corrected chi connectivity index (χ1v) is 30.8. The van der Waals surface area contributed by atoms with Crippen LogP contribution in [0.5, 0.6) is 46.0 Å². The lowest BCUT2D eigenvalue weighted by Crippen LogP contribution is -2.49. The lowest BCUT2D eigenvalue weighted by molar-refractivity contribution is -0.133. The summed E-state index contributed by atoms with van der Waals surface area (Å²) in [4.78, 5) is 56.0. The van der Waals surface area contributed by atoms with Gasteiger partial charge in [-0.05, 0) is 169 Å². The fraction of sp³-hybridized carbons (Fsp3) is 0.478. The van der Waals surface area contributed by atoms with Crippen molar-refractivity contribution < 1.29 is 79.0 Å². The molecule has 0 spiro atoms. The summed E-state index contributed by atoms with van der Waals surface area (Å²) in [5, 5.41) is 76.5. The molecule has 0 aromatic heterocycles. The van der Waals surface area contributed by atoms with Gasteiger partial charge in [-0.3, -0.25) is 19.2 Å². The molecule has 4 aliphatic rings. The van der Waals surface area contributed by atoms with E-state index in [1.165, 1.54) is 63.8 Å². The number of amides is 4. The quantitative estimate of drug-likeness (QED) is 0.0322. The van der Waals surface area contributed by atoms with E-state index < -0.39 is 0 Å². The molecule has 486 valence electrons. The number of methoxy groups -OCH3 is 3. The van der Waals surface area contributed by atoms with Gasteiger partial charge in [-0.2, -0.15) is 0 Å². The van der Waals surface area contributed by atoms with Crippen LogP contribution < -0.4 is 18.9 Å². The number of nitrogens with zero attached hydrogens (tertiary/aromatic N) is 4. The molecule has 20 nitrogen and oxygen atoms in total. The number of aliphatic hydroxyl groups excluding tert-OH is 4. The van der Waals surface area contributed by atoms with Crippen molar-refractivity contribution in [3.8, 4) is 46.0 Å². The van der Waals surface area contributed by atoms with E-state index in [-0.39, 0.29) is 97.1 Å². The van der Waals surface area contributed by atoms with E-state index in [1.54, 1.807) is 93.6 Å². The highest BCUT2D eigenvalue weighted by molar-refractivity contribution is 5.94. The third kappa shape index (κ3) is 22.8. The Morgan fingerprint density at radius 3 is 1.20 bits per heavy atom. The SMILES string of the molecule is CCCCOc1ccc(/C=C/C(=O)N2CCC(CO)CC2)c(O)c1.COc1ccc(/C=C/C(=O)N2C(C)CC(CO)CC2C)c(O)c1.COc1ccc(/C=C/C(=O)N2CCC(CO)CC2)c(O)c1.COc1ccc(/C=C/C(=O)N2CCCCC2CO)c(O)c1. The van der Waals surface area contributed by atoms with Crippen molar-refractivity contribution in [3.05, 3.63) is 119 Å². The molecule has 0 radical (unpaired) electrons. The van der Waals surface area contributed by atoms with Crippen LogP contribution in [0.3, 0.4) is 0 Å². The van der Waals surface area contributed by atoms with Crippen molar-refractivity contribution in [3.63, 3.8) is 0 Å². The number of carbonyl (C=O) groups is 4. The minimum absolute atomic E-state index is 0.00658. The van der Waals surface area contributed by atoms with Gasteiger partial charge >= 0.3 is 0 Å². The van der Waals surface area contributed by atoms with E-state index in [4.69, 9.17) is 29.2 Å². The highest BCUT2D eigenvalue weighted by Crippen LogP contribution is 2.31. The fourth-order valence-electron chi connectivity index (χ4n) is 11.0. The number of piperidine rings is 4. The van der Waals surface area contributed by atoms with Gasteiger partial charge in [0, 0.05) is 135 Å². The average molecular weight is 1240 g/mol. The topological polar surface area (TPSA) is 280 Å². The van der Waals surface area contributed by atoms with Gasteiger partial charge in [-0.15, -0.1) is 0 Å². The monoisotopic (exact) mass is 1230 g/mol. The molecule has 3 unspecified atom stereocenters. The summed E-state index contributed by atoms with van der Waals surface area (Å²) < 4.78 is 20.6. The molecule has 4 aromatic rings. The van der Waals surface area contributed by atoms with Gasteiger partial charge < -0.3 is 79.4 Å². The van der Waals surface area contributed by atoms with Crippen LogP contribution in [0.1, 0.15) is 114 Å². The number of carbonyl (C=O) groups excluding carboxylic acids is 4. The third-order valence-electron chi connectivity index (χ3n) is 16.4. The summed E-state index contributed by atoms with van der Waals surface area (Å²) in [6.07, 6.45) is 22.2. The van der Waals surface area contributed by atoms with E-state index in [2.05, 4.69) is 6.92 Å². The van der Waals surface area contributed by atoms with E-state index in [0.717, 1.165) is 70.6 Å². The summed E-state index contributed by atoms with van der Waals surface area (Å²) >= 11 is 0. The van der Waals surface area contributed by atoms with Crippen molar-refractivity contribution >= 4 is 47.9 Å². The molecule has 0 saturated carbocycles. The van der Waals surface area contributed by atoms with Gasteiger partial charge in [0.1, 0.15) is 46.0 Å².